The number of halogens is 4. The van der Waals surface area contributed by atoms with E-state index in [0.29, 0.717) is 0 Å². The van der Waals surface area contributed by atoms with Gasteiger partial charge in [0, 0.05) is 0 Å². The molecule has 0 aliphatic carbocycles. The first-order chi connectivity index (χ1) is 6.73. The summed E-state index contributed by atoms with van der Waals surface area (Å²) < 4.78 is 50.4. The third-order valence-electron chi connectivity index (χ3n) is 1.80. The molecule has 1 aromatic rings. The van der Waals surface area contributed by atoms with E-state index >= 15 is 0 Å². The van der Waals surface area contributed by atoms with Gasteiger partial charge in [0.05, 0.1) is 5.69 Å². The largest absolute Gasteiger partial charge is 0.436 e. The second-order valence-electron chi connectivity index (χ2n) is 3.47. The number of nitrogens with zero attached hydrogens (tertiary/aromatic N) is 2. The Hall–Kier alpha value is -1.20. The third-order valence-corrected chi connectivity index (χ3v) is 1.80. The fourth-order valence-corrected chi connectivity index (χ4v) is 1.15. The van der Waals surface area contributed by atoms with Gasteiger partial charge >= 0.3 is 6.18 Å². The van der Waals surface area contributed by atoms with Gasteiger partial charge in [0.25, 0.3) is 0 Å². The topological polar surface area (TPSA) is 25.8 Å². The summed E-state index contributed by atoms with van der Waals surface area (Å²) >= 11 is 0. The Bertz CT molecular complexity index is 371. The minimum Gasteiger partial charge on any atom is -0.235 e. The highest BCUT2D eigenvalue weighted by molar-refractivity contribution is 5.19. The average Bonchev–Trinajstić information content (AvgIpc) is 2.06. The standard InChI is InChI=1S/C9H10F4N2/c1-4(2)7-6(10)8(9(11,12)13)15-5(3)14-7/h4H,1-3H3. The van der Waals surface area contributed by atoms with Gasteiger partial charge in [0.2, 0.25) is 0 Å². The lowest BCUT2D eigenvalue weighted by atomic mass is 10.1. The van der Waals surface area contributed by atoms with Gasteiger partial charge in [-0.1, -0.05) is 13.8 Å². The van der Waals surface area contributed by atoms with Crippen molar-refractivity contribution in [1.29, 1.82) is 0 Å². The minimum atomic E-state index is -4.78. The van der Waals surface area contributed by atoms with E-state index in [1.54, 1.807) is 13.8 Å². The van der Waals surface area contributed by atoms with Gasteiger partial charge < -0.3 is 0 Å². The molecule has 0 saturated carbocycles. The molecule has 0 aliphatic heterocycles. The maximum absolute atomic E-state index is 13.4. The van der Waals surface area contributed by atoms with Gasteiger partial charge in [-0.3, -0.25) is 0 Å². The number of hydrogen-bond acceptors (Lipinski definition) is 2. The number of alkyl halides is 3. The third kappa shape index (κ3) is 2.43. The Kier molecular flexibility index (Phi) is 2.97. The Morgan fingerprint density at radius 3 is 2.07 bits per heavy atom. The first-order valence-electron chi connectivity index (χ1n) is 4.34. The zero-order valence-electron chi connectivity index (χ0n) is 8.48. The van der Waals surface area contributed by atoms with Gasteiger partial charge in [0.15, 0.2) is 11.5 Å². The van der Waals surface area contributed by atoms with Crippen molar-refractivity contribution < 1.29 is 17.6 Å². The van der Waals surface area contributed by atoms with Gasteiger partial charge in [-0.15, -0.1) is 0 Å². The van der Waals surface area contributed by atoms with E-state index in [2.05, 4.69) is 9.97 Å². The van der Waals surface area contributed by atoms with E-state index in [4.69, 9.17) is 0 Å². The molecular formula is C9H10F4N2. The van der Waals surface area contributed by atoms with Crippen LogP contribution in [0, 0.1) is 12.7 Å². The molecule has 15 heavy (non-hydrogen) atoms. The molecule has 1 heterocycles. The molecule has 84 valence electrons. The summed E-state index contributed by atoms with van der Waals surface area (Å²) in [6, 6.07) is 0. The molecule has 0 fully saturated rings. The van der Waals surface area contributed by atoms with Crippen molar-refractivity contribution in [2.45, 2.75) is 32.9 Å². The van der Waals surface area contributed by atoms with E-state index in [-0.39, 0.29) is 11.5 Å². The molecule has 2 nitrogen and oxygen atoms in total. The molecule has 0 unspecified atom stereocenters. The quantitative estimate of drug-likeness (QED) is 0.682. The van der Waals surface area contributed by atoms with Crippen molar-refractivity contribution in [3.63, 3.8) is 0 Å². The molecule has 0 atom stereocenters. The smallest absolute Gasteiger partial charge is 0.235 e. The molecule has 0 bridgehead atoms. The number of hydrogen-bond donors (Lipinski definition) is 0. The molecular weight excluding hydrogens is 212 g/mol. The van der Waals surface area contributed by atoms with Crippen LogP contribution in [0.5, 0.6) is 0 Å². The lowest BCUT2D eigenvalue weighted by Crippen LogP contribution is -2.16. The van der Waals surface area contributed by atoms with Crippen LogP contribution in [-0.4, -0.2) is 9.97 Å². The van der Waals surface area contributed by atoms with Crippen molar-refractivity contribution in [3.05, 3.63) is 23.0 Å². The van der Waals surface area contributed by atoms with Gasteiger partial charge in [-0.05, 0) is 12.8 Å². The van der Waals surface area contributed by atoms with E-state index in [1.165, 1.54) is 6.92 Å². The molecule has 1 rings (SSSR count). The fraction of sp³-hybridized carbons (Fsp3) is 0.556. The second-order valence-corrected chi connectivity index (χ2v) is 3.47. The molecule has 0 aliphatic rings. The zero-order valence-corrected chi connectivity index (χ0v) is 8.48. The van der Waals surface area contributed by atoms with Crippen molar-refractivity contribution in [2.24, 2.45) is 0 Å². The second kappa shape index (κ2) is 3.75. The summed E-state index contributed by atoms with van der Waals surface area (Å²) in [6.07, 6.45) is -4.78. The van der Waals surface area contributed by atoms with E-state index < -0.39 is 23.6 Å². The number of aromatic nitrogens is 2. The average molecular weight is 222 g/mol. The highest BCUT2D eigenvalue weighted by atomic mass is 19.4. The van der Waals surface area contributed by atoms with Crippen LogP contribution in [0.1, 0.15) is 37.0 Å². The molecule has 0 amide bonds. The Morgan fingerprint density at radius 2 is 1.67 bits per heavy atom. The Balaban J connectivity index is 3.42. The van der Waals surface area contributed by atoms with Gasteiger partial charge in [-0.2, -0.15) is 13.2 Å². The molecule has 0 spiro atoms. The summed E-state index contributed by atoms with van der Waals surface area (Å²) in [5, 5.41) is 0. The molecule has 6 heteroatoms. The summed E-state index contributed by atoms with van der Waals surface area (Å²) in [5.74, 6) is -1.86. The lowest BCUT2D eigenvalue weighted by Gasteiger charge is -2.12. The molecule has 0 aromatic carbocycles. The normalized spacial score (nSPS) is 12.3. The van der Waals surface area contributed by atoms with Crippen molar-refractivity contribution in [3.8, 4) is 0 Å². The molecule has 0 N–H and O–H groups in total. The van der Waals surface area contributed by atoms with E-state index in [0.717, 1.165) is 0 Å². The van der Waals surface area contributed by atoms with E-state index in [1.807, 2.05) is 0 Å². The molecule has 0 radical (unpaired) electrons. The maximum atomic E-state index is 13.4. The van der Waals surface area contributed by atoms with Crippen LogP contribution in [0.2, 0.25) is 0 Å². The van der Waals surface area contributed by atoms with Crippen LogP contribution >= 0.6 is 0 Å². The number of rotatable bonds is 1. The molecule has 1 aromatic heterocycles. The summed E-state index contributed by atoms with van der Waals surface area (Å²) in [7, 11) is 0. The lowest BCUT2D eigenvalue weighted by molar-refractivity contribution is -0.144. The highest BCUT2D eigenvalue weighted by Gasteiger charge is 2.38. The fourth-order valence-electron chi connectivity index (χ4n) is 1.15. The predicted molar refractivity (Wildman–Crippen MR) is 45.8 cm³/mol. The zero-order chi connectivity index (χ0) is 11.8. The predicted octanol–water partition coefficient (Wildman–Crippen LogP) is 3.07. The van der Waals surface area contributed by atoms with Crippen LogP contribution in [-0.2, 0) is 6.18 Å². The van der Waals surface area contributed by atoms with Crippen molar-refractivity contribution in [2.75, 3.05) is 0 Å². The van der Waals surface area contributed by atoms with Crippen LogP contribution in [0.3, 0.4) is 0 Å². The molecule has 0 saturated heterocycles. The monoisotopic (exact) mass is 222 g/mol. The summed E-state index contributed by atoms with van der Waals surface area (Å²) in [4.78, 5) is 6.74. The van der Waals surface area contributed by atoms with Crippen LogP contribution in [0.15, 0.2) is 0 Å². The van der Waals surface area contributed by atoms with Gasteiger partial charge in [-0.25, -0.2) is 14.4 Å². The first-order valence-corrected chi connectivity index (χ1v) is 4.34. The van der Waals surface area contributed by atoms with Gasteiger partial charge in [0.1, 0.15) is 5.82 Å². The van der Waals surface area contributed by atoms with E-state index in [9.17, 15) is 17.6 Å². The first kappa shape index (κ1) is 11.9. The Labute approximate surface area is 84.4 Å². The number of aryl methyl sites for hydroxylation is 1. The maximum Gasteiger partial charge on any atom is 0.436 e. The highest BCUT2D eigenvalue weighted by Crippen LogP contribution is 2.32. The van der Waals surface area contributed by atoms with Crippen molar-refractivity contribution in [1.82, 2.24) is 9.97 Å². The van der Waals surface area contributed by atoms with Crippen molar-refractivity contribution >= 4 is 0 Å². The van der Waals surface area contributed by atoms with Crippen LogP contribution in [0.4, 0.5) is 17.6 Å². The van der Waals surface area contributed by atoms with Crippen LogP contribution in [0.25, 0.3) is 0 Å². The Morgan fingerprint density at radius 1 is 1.13 bits per heavy atom. The summed E-state index contributed by atoms with van der Waals surface area (Å²) in [5.41, 5.74) is -1.69. The SMILES string of the molecule is Cc1nc(C(C)C)c(F)c(C(F)(F)F)n1. The van der Waals surface area contributed by atoms with Crippen LogP contribution < -0.4 is 0 Å². The summed E-state index contributed by atoms with van der Waals surface area (Å²) in [6.45, 7) is 4.45. The minimum absolute atomic E-state index is 0.0765.